The minimum Gasteiger partial charge on any atom is -0.478 e. The lowest BCUT2D eigenvalue weighted by atomic mass is 10.0. The van der Waals surface area contributed by atoms with Gasteiger partial charge in [-0.25, -0.2) is 9.78 Å². The van der Waals surface area contributed by atoms with Crippen molar-refractivity contribution < 1.29 is 24.2 Å². The molecule has 7 heteroatoms. The highest BCUT2D eigenvalue weighted by atomic mass is 16.5. The number of aromatic carboxylic acids is 1. The first-order valence-electron chi connectivity index (χ1n) is 8.64. The lowest BCUT2D eigenvalue weighted by Crippen LogP contribution is -2.32. The molecule has 0 atom stereocenters. The number of carboxylic acid groups (broad SMARTS) is 1. The molecule has 0 fully saturated rings. The van der Waals surface area contributed by atoms with Crippen LogP contribution in [0.15, 0.2) is 30.5 Å². The lowest BCUT2D eigenvalue weighted by Gasteiger charge is -2.15. The van der Waals surface area contributed by atoms with Crippen molar-refractivity contribution in [3.05, 3.63) is 58.3 Å². The van der Waals surface area contributed by atoms with Crippen LogP contribution in [0.4, 0.5) is 0 Å². The monoisotopic (exact) mass is 368 g/mol. The van der Waals surface area contributed by atoms with Crippen molar-refractivity contribution >= 4 is 17.8 Å². The van der Waals surface area contributed by atoms with E-state index < -0.39 is 5.97 Å². The quantitative estimate of drug-likeness (QED) is 0.788. The van der Waals surface area contributed by atoms with Crippen molar-refractivity contribution in [3.8, 4) is 5.88 Å². The molecule has 1 aromatic carbocycles. The number of ether oxygens (including phenoxy) is 1. The Hall–Kier alpha value is -3.22. The summed E-state index contributed by atoms with van der Waals surface area (Å²) in [6.45, 7) is 5.51. The van der Waals surface area contributed by atoms with Crippen molar-refractivity contribution in [1.29, 1.82) is 0 Å². The summed E-state index contributed by atoms with van der Waals surface area (Å²) in [4.78, 5) is 42.0. The molecule has 3 rings (SSSR count). The predicted octanol–water partition coefficient (Wildman–Crippen LogP) is 2.71. The number of hydrogen-bond donors (Lipinski definition) is 1. The largest absolute Gasteiger partial charge is 0.478 e. The molecule has 0 unspecified atom stereocenters. The number of carboxylic acids is 1. The van der Waals surface area contributed by atoms with Gasteiger partial charge < -0.3 is 9.84 Å². The summed E-state index contributed by atoms with van der Waals surface area (Å²) in [5, 5.41) is 9.47. The fourth-order valence-corrected chi connectivity index (χ4v) is 3.11. The number of rotatable bonds is 6. The molecule has 0 saturated heterocycles. The zero-order valence-electron chi connectivity index (χ0n) is 15.4. The first kappa shape index (κ1) is 18.6. The number of benzene rings is 1. The Balaban J connectivity index is 1.81. The molecule has 0 radical (unpaired) electrons. The SMILES string of the molecule is Cc1cccc2c1C(=O)N(CCc1cnc(OC(C)C)cc1C(=O)O)C2=O. The smallest absolute Gasteiger partial charge is 0.336 e. The van der Waals surface area contributed by atoms with Gasteiger partial charge in [-0.15, -0.1) is 0 Å². The fraction of sp³-hybridized carbons (Fsp3) is 0.300. The number of aromatic nitrogens is 1. The van der Waals surface area contributed by atoms with Crippen LogP contribution in [0.2, 0.25) is 0 Å². The molecule has 27 heavy (non-hydrogen) atoms. The summed E-state index contributed by atoms with van der Waals surface area (Å²) < 4.78 is 5.43. The van der Waals surface area contributed by atoms with Crippen LogP contribution < -0.4 is 4.74 Å². The van der Waals surface area contributed by atoms with E-state index in [1.54, 1.807) is 25.1 Å². The fourth-order valence-electron chi connectivity index (χ4n) is 3.11. The van der Waals surface area contributed by atoms with E-state index in [4.69, 9.17) is 4.74 Å². The molecule has 1 aliphatic rings. The summed E-state index contributed by atoms with van der Waals surface area (Å²) in [6.07, 6.45) is 1.48. The van der Waals surface area contributed by atoms with Gasteiger partial charge in [-0.2, -0.15) is 0 Å². The van der Waals surface area contributed by atoms with Gasteiger partial charge in [0.05, 0.1) is 22.8 Å². The molecule has 0 aliphatic carbocycles. The van der Waals surface area contributed by atoms with Crippen molar-refractivity contribution in [2.75, 3.05) is 6.54 Å². The van der Waals surface area contributed by atoms with Gasteiger partial charge in [0.15, 0.2) is 0 Å². The maximum atomic E-state index is 12.6. The van der Waals surface area contributed by atoms with Gasteiger partial charge in [0.1, 0.15) is 0 Å². The van der Waals surface area contributed by atoms with E-state index in [1.807, 2.05) is 13.8 Å². The number of nitrogens with zero attached hydrogens (tertiary/aromatic N) is 2. The first-order valence-corrected chi connectivity index (χ1v) is 8.64. The van der Waals surface area contributed by atoms with Crippen LogP contribution >= 0.6 is 0 Å². The lowest BCUT2D eigenvalue weighted by molar-refractivity contribution is 0.0655. The van der Waals surface area contributed by atoms with Crippen LogP contribution in [0.1, 0.15) is 56.0 Å². The van der Waals surface area contributed by atoms with Crippen molar-refractivity contribution in [2.24, 2.45) is 0 Å². The van der Waals surface area contributed by atoms with Crippen LogP contribution in [-0.4, -0.2) is 45.4 Å². The molecule has 2 amide bonds. The minimum atomic E-state index is -1.11. The van der Waals surface area contributed by atoms with E-state index in [0.29, 0.717) is 16.7 Å². The second-order valence-electron chi connectivity index (χ2n) is 6.66. The third-order valence-corrected chi connectivity index (χ3v) is 4.36. The predicted molar refractivity (Wildman–Crippen MR) is 97.2 cm³/mol. The van der Waals surface area contributed by atoms with Gasteiger partial charge in [-0.1, -0.05) is 12.1 Å². The number of aryl methyl sites for hydroxylation is 1. The molecule has 1 N–H and O–H groups in total. The van der Waals surface area contributed by atoms with Crippen molar-refractivity contribution in [3.63, 3.8) is 0 Å². The van der Waals surface area contributed by atoms with Crippen LogP contribution in [0.5, 0.6) is 5.88 Å². The van der Waals surface area contributed by atoms with Crippen molar-refractivity contribution in [1.82, 2.24) is 9.88 Å². The van der Waals surface area contributed by atoms with E-state index in [0.717, 1.165) is 10.5 Å². The molecular weight excluding hydrogens is 348 g/mol. The Bertz CT molecular complexity index is 936. The van der Waals surface area contributed by atoms with E-state index in [-0.39, 0.29) is 42.3 Å². The molecule has 1 aliphatic heterocycles. The number of amides is 2. The topological polar surface area (TPSA) is 96.8 Å². The Labute approximate surface area is 156 Å². The second kappa shape index (κ2) is 7.19. The highest BCUT2D eigenvalue weighted by Crippen LogP contribution is 2.26. The zero-order valence-corrected chi connectivity index (χ0v) is 15.4. The molecule has 140 valence electrons. The van der Waals surface area contributed by atoms with Gasteiger partial charge in [0.2, 0.25) is 5.88 Å². The van der Waals surface area contributed by atoms with Crippen LogP contribution in [0.25, 0.3) is 0 Å². The first-order chi connectivity index (χ1) is 12.8. The molecule has 0 bridgehead atoms. The van der Waals surface area contributed by atoms with Gasteiger partial charge in [-0.05, 0) is 44.4 Å². The van der Waals surface area contributed by atoms with Crippen LogP contribution in [0.3, 0.4) is 0 Å². The summed E-state index contributed by atoms with van der Waals surface area (Å²) in [7, 11) is 0. The normalized spacial score (nSPS) is 13.3. The van der Waals surface area contributed by atoms with E-state index in [9.17, 15) is 19.5 Å². The summed E-state index contributed by atoms with van der Waals surface area (Å²) in [5.41, 5.74) is 2.04. The summed E-state index contributed by atoms with van der Waals surface area (Å²) in [6, 6.07) is 6.52. The number of carbonyl (C=O) groups is 3. The Morgan fingerprint density at radius 3 is 2.63 bits per heavy atom. The van der Waals surface area contributed by atoms with Gasteiger partial charge in [0.25, 0.3) is 11.8 Å². The number of hydrogen-bond acceptors (Lipinski definition) is 5. The van der Waals surface area contributed by atoms with E-state index >= 15 is 0 Å². The second-order valence-corrected chi connectivity index (χ2v) is 6.66. The third-order valence-electron chi connectivity index (χ3n) is 4.36. The van der Waals surface area contributed by atoms with Gasteiger partial charge in [-0.3, -0.25) is 14.5 Å². The number of imide groups is 1. The Kier molecular flexibility index (Phi) is 4.94. The minimum absolute atomic E-state index is 0.0495. The van der Waals surface area contributed by atoms with Crippen LogP contribution in [-0.2, 0) is 6.42 Å². The molecular formula is C20H20N2O5. The van der Waals surface area contributed by atoms with Gasteiger partial charge >= 0.3 is 5.97 Å². The number of fused-ring (bicyclic) bond motifs is 1. The van der Waals surface area contributed by atoms with Crippen molar-refractivity contribution in [2.45, 2.75) is 33.3 Å². The maximum absolute atomic E-state index is 12.6. The molecule has 2 aromatic rings. The standard InChI is InChI=1S/C20H20N2O5/c1-11(2)27-16-9-15(20(25)26)13(10-21-16)7-8-22-18(23)14-6-4-5-12(3)17(14)19(22)24/h4-6,9-11H,7-8H2,1-3H3,(H,25,26). The average molecular weight is 368 g/mol. The summed E-state index contributed by atoms with van der Waals surface area (Å²) >= 11 is 0. The molecule has 7 nitrogen and oxygen atoms in total. The van der Waals surface area contributed by atoms with E-state index in [2.05, 4.69) is 4.98 Å². The number of carbonyl (C=O) groups excluding carboxylic acids is 2. The average Bonchev–Trinajstić information content (AvgIpc) is 2.85. The molecule has 0 saturated carbocycles. The molecule has 1 aromatic heterocycles. The zero-order chi connectivity index (χ0) is 19.7. The molecule has 0 spiro atoms. The Morgan fingerprint density at radius 2 is 2.00 bits per heavy atom. The maximum Gasteiger partial charge on any atom is 0.336 e. The van der Waals surface area contributed by atoms with E-state index in [1.165, 1.54) is 12.3 Å². The summed E-state index contributed by atoms with van der Waals surface area (Å²) in [5.74, 6) is -1.59. The van der Waals surface area contributed by atoms with Gasteiger partial charge in [0, 0.05) is 18.8 Å². The Morgan fingerprint density at radius 1 is 1.26 bits per heavy atom. The molecule has 2 heterocycles. The number of pyridine rings is 1. The third kappa shape index (κ3) is 3.53. The highest BCUT2D eigenvalue weighted by molar-refractivity contribution is 6.22. The van der Waals surface area contributed by atoms with Crippen LogP contribution in [0, 0.1) is 6.92 Å². The highest BCUT2D eigenvalue weighted by Gasteiger charge is 2.36.